The maximum absolute atomic E-state index is 13.2. The first-order chi connectivity index (χ1) is 15.4. The molecule has 2 atom stereocenters. The first-order valence-corrected chi connectivity index (χ1v) is 11.9. The molecule has 3 rings (SSSR count). The third-order valence-electron chi connectivity index (χ3n) is 5.67. The van der Waals surface area contributed by atoms with E-state index in [4.69, 9.17) is 4.74 Å². The number of nitrogens with zero attached hydrogens (tertiary/aromatic N) is 4. The molecule has 2 heterocycles. The third kappa shape index (κ3) is 5.33. The Morgan fingerprint density at radius 3 is 2.66 bits per heavy atom. The fourth-order valence-electron chi connectivity index (χ4n) is 4.08. The minimum atomic E-state index is -0.619. The zero-order valence-corrected chi connectivity index (χ0v) is 19.4. The number of benzene rings is 1. The lowest BCUT2D eigenvalue weighted by Gasteiger charge is -2.54. The molecule has 2 saturated heterocycles. The van der Waals surface area contributed by atoms with Crippen molar-refractivity contribution < 1.29 is 23.5 Å². The van der Waals surface area contributed by atoms with E-state index >= 15 is 0 Å². The fourth-order valence-corrected chi connectivity index (χ4v) is 4.53. The highest BCUT2D eigenvalue weighted by Crippen LogP contribution is 2.27. The molecule has 0 aliphatic carbocycles. The minimum absolute atomic E-state index is 0.00157. The lowest BCUT2D eigenvalue weighted by molar-refractivity contribution is -0.187. The molecule has 2 aliphatic rings. The van der Waals surface area contributed by atoms with Crippen LogP contribution >= 0.6 is 11.8 Å². The normalized spacial score (nSPS) is 21.7. The molecule has 9 nitrogen and oxygen atoms in total. The first kappa shape index (κ1) is 24.3. The van der Waals surface area contributed by atoms with E-state index in [2.05, 4.69) is 5.32 Å². The first-order valence-electron chi connectivity index (χ1n) is 10.5. The SMILES string of the molecule is COCCN1C[C@H]2N(C(=O)CN(C)N2C(=O)NCc2ccc(F)cc2)[C@@H](CCSC)C1=O. The van der Waals surface area contributed by atoms with E-state index in [9.17, 15) is 18.8 Å². The summed E-state index contributed by atoms with van der Waals surface area (Å²) in [6, 6.07) is 4.89. The molecule has 32 heavy (non-hydrogen) atoms. The summed E-state index contributed by atoms with van der Waals surface area (Å²) in [6.45, 7) is 1.18. The Kier molecular flexibility index (Phi) is 8.32. The van der Waals surface area contributed by atoms with Crippen LogP contribution in [-0.4, -0.2) is 102 Å². The Morgan fingerprint density at radius 2 is 2.00 bits per heavy atom. The summed E-state index contributed by atoms with van der Waals surface area (Å²) >= 11 is 1.61. The van der Waals surface area contributed by atoms with Crippen LogP contribution in [-0.2, 0) is 20.9 Å². The number of hydrazine groups is 1. The number of urea groups is 1. The molecule has 0 radical (unpaired) electrons. The number of thioether (sulfide) groups is 1. The average molecular weight is 468 g/mol. The number of fused-ring (bicyclic) bond motifs is 1. The number of hydrogen-bond donors (Lipinski definition) is 1. The molecule has 0 bridgehead atoms. The summed E-state index contributed by atoms with van der Waals surface area (Å²) in [5.41, 5.74) is 0.755. The molecule has 11 heteroatoms. The van der Waals surface area contributed by atoms with Gasteiger partial charge in [0.25, 0.3) is 0 Å². The van der Waals surface area contributed by atoms with E-state index in [0.717, 1.165) is 11.3 Å². The number of nitrogens with one attached hydrogen (secondary N) is 1. The predicted octanol–water partition coefficient (Wildman–Crippen LogP) is 0.963. The number of hydrogen-bond acceptors (Lipinski definition) is 6. The smallest absolute Gasteiger partial charge is 0.334 e. The molecule has 1 N–H and O–H groups in total. The number of carbonyl (C=O) groups is 3. The van der Waals surface area contributed by atoms with Crippen LogP contribution in [0.15, 0.2) is 24.3 Å². The van der Waals surface area contributed by atoms with Gasteiger partial charge in [-0.25, -0.2) is 19.2 Å². The summed E-state index contributed by atoms with van der Waals surface area (Å²) in [6.07, 6.45) is 1.85. The van der Waals surface area contributed by atoms with Gasteiger partial charge in [-0.2, -0.15) is 11.8 Å². The van der Waals surface area contributed by atoms with Gasteiger partial charge >= 0.3 is 6.03 Å². The van der Waals surface area contributed by atoms with Crippen molar-refractivity contribution in [1.82, 2.24) is 25.1 Å². The van der Waals surface area contributed by atoms with Crippen LogP contribution in [0.2, 0.25) is 0 Å². The van der Waals surface area contributed by atoms with Crippen molar-refractivity contribution in [3.05, 3.63) is 35.6 Å². The second kappa shape index (κ2) is 11.0. The molecule has 0 spiro atoms. The van der Waals surface area contributed by atoms with E-state index in [1.54, 1.807) is 52.9 Å². The maximum atomic E-state index is 13.2. The van der Waals surface area contributed by atoms with Crippen LogP contribution in [0, 0.1) is 5.82 Å². The van der Waals surface area contributed by atoms with Gasteiger partial charge in [0, 0.05) is 27.2 Å². The van der Waals surface area contributed by atoms with Crippen LogP contribution in [0.1, 0.15) is 12.0 Å². The largest absolute Gasteiger partial charge is 0.383 e. The lowest BCUT2D eigenvalue weighted by Crippen LogP contribution is -2.76. The van der Waals surface area contributed by atoms with E-state index in [1.165, 1.54) is 17.1 Å². The topological polar surface area (TPSA) is 85.4 Å². The zero-order chi connectivity index (χ0) is 23.3. The Hall–Kier alpha value is -2.37. The van der Waals surface area contributed by atoms with E-state index in [0.29, 0.717) is 19.6 Å². The van der Waals surface area contributed by atoms with Crippen molar-refractivity contribution >= 4 is 29.6 Å². The van der Waals surface area contributed by atoms with Gasteiger partial charge in [-0.1, -0.05) is 12.1 Å². The molecule has 2 fully saturated rings. The molecule has 0 aromatic heterocycles. The Bertz CT molecular complexity index is 827. The fraction of sp³-hybridized carbons (Fsp3) is 0.571. The Labute approximate surface area is 191 Å². The predicted molar refractivity (Wildman–Crippen MR) is 119 cm³/mol. The average Bonchev–Trinajstić information content (AvgIpc) is 2.77. The molecule has 0 saturated carbocycles. The molecule has 2 aliphatic heterocycles. The van der Waals surface area contributed by atoms with Crippen LogP contribution in [0.25, 0.3) is 0 Å². The highest BCUT2D eigenvalue weighted by molar-refractivity contribution is 7.98. The van der Waals surface area contributed by atoms with E-state index in [1.807, 2.05) is 6.26 Å². The molecule has 1 aromatic rings. The van der Waals surface area contributed by atoms with E-state index in [-0.39, 0.29) is 43.3 Å². The summed E-state index contributed by atoms with van der Waals surface area (Å²) in [5, 5.41) is 5.93. The molecule has 1 aromatic carbocycles. The number of carbonyl (C=O) groups excluding carboxylic acids is 3. The van der Waals surface area contributed by atoms with Crippen LogP contribution in [0.4, 0.5) is 9.18 Å². The summed E-state index contributed by atoms with van der Waals surface area (Å²) < 4.78 is 18.3. The number of amides is 4. The van der Waals surface area contributed by atoms with Gasteiger partial charge in [0.1, 0.15) is 18.0 Å². The van der Waals surface area contributed by atoms with Gasteiger partial charge in [0.15, 0.2) is 0 Å². The van der Waals surface area contributed by atoms with Crippen LogP contribution in [0.3, 0.4) is 0 Å². The van der Waals surface area contributed by atoms with Crippen LogP contribution < -0.4 is 5.32 Å². The second-order valence-electron chi connectivity index (χ2n) is 7.80. The molecular weight excluding hydrogens is 437 g/mol. The van der Waals surface area contributed by atoms with E-state index < -0.39 is 12.2 Å². The Morgan fingerprint density at radius 1 is 1.28 bits per heavy atom. The Balaban J connectivity index is 1.81. The van der Waals surface area contributed by atoms with Crippen molar-refractivity contribution in [2.75, 3.05) is 52.4 Å². The number of ether oxygens (including phenoxy) is 1. The van der Waals surface area contributed by atoms with Crippen molar-refractivity contribution in [1.29, 1.82) is 0 Å². The molecule has 176 valence electrons. The van der Waals surface area contributed by atoms with Gasteiger partial charge < -0.3 is 19.9 Å². The number of likely N-dealkylation sites (N-methyl/N-ethyl adjacent to an activating group) is 1. The quantitative estimate of drug-likeness (QED) is 0.613. The zero-order valence-electron chi connectivity index (χ0n) is 18.6. The standard InChI is InChI=1S/C21H30FN5O4S/c1-24-14-19(28)26-17(8-11-32-3)20(29)25(9-10-31-2)13-18(26)27(24)21(30)23-12-15-4-6-16(22)7-5-15/h4-7,17-18H,8-14H2,1-3H3,(H,23,30)/t17-,18-/m0/s1. The van der Waals surface area contributed by atoms with Gasteiger partial charge in [0.05, 0.1) is 19.7 Å². The summed E-state index contributed by atoms with van der Waals surface area (Å²) in [4.78, 5) is 42.5. The van der Waals surface area contributed by atoms with Crippen molar-refractivity contribution in [3.8, 4) is 0 Å². The number of methoxy groups -OCH3 is 1. The van der Waals surface area contributed by atoms with Gasteiger partial charge in [-0.05, 0) is 36.1 Å². The lowest BCUT2D eigenvalue weighted by atomic mass is 10.0. The number of piperazine rings is 1. The molecule has 0 unspecified atom stereocenters. The van der Waals surface area contributed by atoms with Gasteiger partial charge in [-0.3, -0.25) is 9.59 Å². The van der Waals surface area contributed by atoms with Gasteiger partial charge in [-0.15, -0.1) is 0 Å². The highest BCUT2D eigenvalue weighted by Gasteiger charge is 2.50. The highest BCUT2D eigenvalue weighted by atomic mass is 32.2. The summed E-state index contributed by atoms with van der Waals surface area (Å²) in [5.74, 6) is 0.0876. The van der Waals surface area contributed by atoms with Crippen molar-refractivity contribution in [3.63, 3.8) is 0 Å². The number of halogens is 1. The van der Waals surface area contributed by atoms with Crippen molar-refractivity contribution in [2.24, 2.45) is 0 Å². The van der Waals surface area contributed by atoms with Crippen LogP contribution in [0.5, 0.6) is 0 Å². The minimum Gasteiger partial charge on any atom is -0.383 e. The monoisotopic (exact) mass is 467 g/mol. The second-order valence-corrected chi connectivity index (χ2v) is 8.79. The van der Waals surface area contributed by atoms with Gasteiger partial charge in [0.2, 0.25) is 11.8 Å². The molecule has 4 amide bonds. The number of rotatable bonds is 8. The van der Waals surface area contributed by atoms with Crippen molar-refractivity contribution in [2.45, 2.75) is 25.2 Å². The third-order valence-corrected chi connectivity index (χ3v) is 6.31. The molecular formula is C21H30FN5O4S. The maximum Gasteiger partial charge on any atom is 0.334 e. The summed E-state index contributed by atoms with van der Waals surface area (Å²) in [7, 11) is 3.25.